The van der Waals surface area contributed by atoms with Crippen LogP contribution in [0.4, 0.5) is 0 Å². The van der Waals surface area contributed by atoms with E-state index in [9.17, 15) is 14.4 Å². The van der Waals surface area contributed by atoms with E-state index in [0.29, 0.717) is 12.7 Å². The number of amides is 1. The summed E-state index contributed by atoms with van der Waals surface area (Å²) < 4.78 is 0. The van der Waals surface area contributed by atoms with Crippen molar-refractivity contribution in [3.63, 3.8) is 0 Å². The maximum atomic E-state index is 11.0. The number of aldehydes is 1. The molecule has 0 aliphatic carbocycles. The van der Waals surface area contributed by atoms with Crippen molar-refractivity contribution < 1.29 is 19.2 Å². The van der Waals surface area contributed by atoms with Crippen molar-refractivity contribution in [2.75, 3.05) is 0 Å². The molecule has 5 nitrogen and oxygen atoms in total. The van der Waals surface area contributed by atoms with Crippen LogP contribution in [0.25, 0.3) is 0 Å². The van der Waals surface area contributed by atoms with Gasteiger partial charge in [0.25, 0.3) is 5.91 Å². The molecule has 0 aromatic rings. The molecule has 0 bridgehead atoms. The fourth-order valence-corrected chi connectivity index (χ4v) is 1.06. The summed E-state index contributed by atoms with van der Waals surface area (Å²) in [5.74, 6) is -0.903. The van der Waals surface area contributed by atoms with Crippen LogP contribution in [0.2, 0.25) is 0 Å². The van der Waals surface area contributed by atoms with Gasteiger partial charge in [-0.25, -0.2) is 0 Å². The summed E-state index contributed by atoms with van der Waals surface area (Å²) >= 11 is 0. The van der Waals surface area contributed by atoms with E-state index in [-0.39, 0.29) is 12.3 Å². The van der Waals surface area contributed by atoms with Gasteiger partial charge < -0.3 is 9.63 Å². The zero-order valence-corrected chi connectivity index (χ0v) is 6.65. The highest BCUT2D eigenvalue weighted by atomic mass is 16.7. The lowest BCUT2D eigenvalue weighted by Gasteiger charge is -2.17. The van der Waals surface area contributed by atoms with E-state index in [0.717, 1.165) is 5.06 Å². The predicted molar refractivity (Wildman–Crippen MR) is 37.7 cm³/mol. The molecule has 5 heteroatoms. The Labute approximate surface area is 69.2 Å². The van der Waals surface area contributed by atoms with Gasteiger partial charge in [0.15, 0.2) is 0 Å². The van der Waals surface area contributed by atoms with Gasteiger partial charge in [-0.2, -0.15) is 5.06 Å². The molecule has 0 radical (unpaired) electrons. The van der Waals surface area contributed by atoms with E-state index in [4.69, 9.17) is 0 Å². The Balaban J connectivity index is 2.63. The first-order chi connectivity index (χ1) is 5.65. The van der Waals surface area contributed by atoms with Crippen molar-refractivity contribution in [3.05, 3.63) is 0 Å². The van der Waals surface area contributed by atoms with Gasteiger partial charge in [-0.05, 0) is 6.42 Å². The van der Waals surface area contributed by atoms with E-state index in [1.54, 1.807) is 0 Å². The average molecular weight is 171 g/mol. The lowest BCUT2D eigenvalue weighted by atomic mass is 10.2. The number of nitrogens with zero attached hydrogens (tertiary/aromatic N) is 1. The number of hydrogen-bond acceptors (Lipinski definition) is 4. The first kappa shape index (κ1) is 8.70. The monoisotopic (exact) mass is 171 g/mol. The highest BCUT2D eigenvalue weighted by Crippen LogP contribution is 2.16. The van der Waals surface area contributed by atoms with E-state index in [1.807, 2.05) is 0 Å². The van der Waals surface area contributed by atoms with Crippen molar-refractivity contribution in [3.8, 4) is 0 Å². The maximum Gasteiger partial charge on any atom is 0.329 e. The molecular formula is C7H9NO4. The van der Waals surface area contributed by atoms with Crippen LogP contribution in [-0.2, 0) is 19.2 Å². The molecule has 12 heavy (non-hydrogen) atoms. The molecule has 0 aromatic heterocycles. The molecule has 0 saturated carbocycles. The summed E-state index contributed by atoms with van der Waals surface area (Å²) in [5, 5.41) is 0.843. The lowest BCUT2D eigenvalue weighted by molar-refractivity contribution is -0.197. The van der Waals surface area contributed by atoms with E-state index >= 15 is 0 Å². The van der Waals surface area contributed by atoms with Gasteiger partial charge in [0.2, 0.25) is 0 Å². The molecule has 1 rings (SSSR count). The quantitative estimate of drug-likeness (QED) is 0.533. The van der Waals surface area contributed by atoms with E-state index in [2.05, 4.69) is 4.84 Å². The molecule has 1 aliphatic heterocycles. The largest absolute Gasteiger partial charge is 0.338 e. The maximum absolute atomic E-state index is 11.0. The summed E-state index contributed by atoms with van der Waals surface area (Å²) in [6.45, 7) is 1.19. The third-order valence-corrected chi connectivity index (χ3v) is 1.58. The molecule has 1 atom stereocenters. The highest BCUT2D eigenvalue weighted by Gasteiger charge is 2.33. The van der Waals surface area contributed by atoms with Crippen molar-refractivity contribution in [2.24, 2.45) is 0 Å². The van der Waals surface area contributed by atoms with Crippen molar-refractivity contribution in [1.29, 1.82) is 0 Å². The number of carbonyl (C=O) groups excluding carboxylic acids is 3. The standard InChI is InChI=1S/C7H9NO4/c1-5(10)12-8-6(4-9)2-3-7(8)11/h4,6H,2-3H2,1H3. The molecule has 1 fully saturated rings. The normalized spacial score (nSPS) is 22.6. The molecule has 1 heterocycles. The molecule has 0 N–H and O–H groups in total. The van der Waals surface area contributed by atoms with Crippen LogP contribution in [0.3, 0.4) is 0 Å². The Morgan fingerprint density at radius 1 is 1.75 bits per heavy atom. The second-order valence-electron chi connectivity index (χ2n) is 2.54. The van der Waals surface area contributed by atoms with Gasteiger partial charge in [-0.3, -0.25) is 9.59 Å². The van der Waals surface area contributed by atoms with Crippen LogP contribution in [0.15, 0.2) is 0 Å². The lowest BCUT2D eigenvalue weighted by Crippen LogP contribution is -2.35. The molecule has 0 spiro atoms. The summed E-state index contributed by atoms with van der Waals surface area (Å²) in [4.78, 5) is 36.3. The Morgan fingerprint density at radius 3 is 2.92 bits per heavy atom. The van der Waals surface area contributed by atoms with Crippen LogP contribution in [0, 0.1) is 0 Å². The van der Waals surface area contributed by atoms with Crippen LogP contribution in [0.5, 0.6) is 0 Å². The zero-order valence-electron chi connectivity index (χ0n) is 6.65. The first-order valence-electron chi connectivity index (χ1n) is 3.61. The van der Waals surface area contributed by atoms with Gasteiger partial charge in [0.05, 0.1) is 0 Å². The second-order valence-corrected chi connectivity index (χ2v) is 2.54. The Hall–Kier alpha value is -1.39. The molecule has 1 saturated heterocycles. The van der Waals surface area contributed by atoms with E-state index < -0.39 is 12.0 Å². The smallest absolute Gasteiger partial charge is 0.329 e. The fourth-order valence-electron chi connectivity index (χ4n) is 1.06. The fraction of sp³-hybridized carbons (Fsp3) is 0.571. The first-order valence-corrected chi connectivity index (χ1v) is 3.61. The summed E-state index contributed by atoms with van der Waals surface area (Å²) in [7, 11) is 0. The zero-order chi connectivity index (χ0) is 9.14. The van der Waals surface area contributed by atoms with Gasteiger partial charge >= 0.3 is 5.97 Å². The van der Waals surface area contributed by atoms with Crippen LogP contribution < -0.4 is 0 Å². The van der Waals surface area contributed by atoms with Crippen LogP contribution >= 0.6 is 0 Å². The Kier molecular flexibility index (Phi) is 2.42. The summed E-state index contributed by atoms with van der Waals surface area (Å²) in [6.07, 6.45) is 1.29. The number of carbonyl (C=O) groups is 3. The minimum atomic E-state index is -0.596. The minimum absolute atomic E-state index is 0.261. The molecule has 66 valence electrons. The minimum Gasteiger partial charge on any atom is -0.338 e. The second kappa shape index (κ2) is 3.34. The third-order valence-electron chi connectivity index (χ3n) is 1.58. The summed E-state index contributed by atoms with van der Waals surface area (Å²) in [5.41, 5.74) is 0. The Bertz CT molecular complexity index is 225. The topological polar surface area (TPSA) is 63.7 Å². The molecule has 0 aromatic carbocycles. The Morgan fingerprint density at radius 2 is 2.42 bits per heavy atom. The van der Waals surface area contributed by atoms with Gasteiger partial charge in [-0.1, -0.05) is 0 Å². The highest BCUT2D eigenvalue weighted by molar-refractivity contribution is 5.83. The van der Waals surface area contributed by atoms with Gasteiger partial charge in [-0.15, -0.1) is 0 Å². The molecule has 1 unspecified atom stereocenters. The predicted octanol–water partition coefficient (Wildman–Crippen LogP) is -0.346. The van der Waals surface area contributed by atoms with Crippen molar-refractivity contribution in [1.82, 2.24) is 5.06 Å². The van der Waals surface area contributed by atoms with Crippen LogP contribution in [0.1, 0.15) is 19.8 Å². The summed E-state index contributed by atoms with van der Waals surface area (Å²) in [6, 6.07) is -0.596. The SMILES string of the molecule is CC(=O)ON1C(=O)CCC1C=O. The third kappa shape index (κ3) is 1.61. The van der Waals surface area contributed by atoms with Crippen molar-refractivity contribution >= 4 is 18.2 Å². The van der Waals surface area contributed by atoms with Crippen molar-refractivity contribution in [2.45, 2.75) is 25.8 Å². The molecular weight excluding hydrogens is 162 g/mol. The number of rotatable bonds is 2. The molecule has 1 aliphatic rings. The van der Waals surface area contributed by atoms with Gasteiger partial charge in [0.1, 0.15) is 12.3 Å². The van der Waals surface area contributed by atoms with E-state index in [1.165, 1.54) is 6.92 Å². The van der Waals surface area contributed by atoms with Crippen LogP contribution in [-0.4, -0.2) is 29.3 Å². The van der Waals surface area contributed by atoms with Gasteiger partial charge in [0, 0.05) is 13.3 Å². The molecule has 1 amide bonds. The number of hydroxylamine groups is 2. The average Bonchev–Trinajstić information content (AvgIpc) is 2.32. The number of hydrogen-bond donors (Lipinski definition) is 0.